The Hall–Kier alpha value is -0.120. The molecular formula is C12H29N3. The molecule has 92 valence electrons. The lowest BCUT2D eigenvalue weighted by molar-refractivity contribution is 0.296. The van der Waals surface area contributed by atoms with Crippen molar-refractivity contribution in [2.24, 2.45) is 5.73 Å². The SMILES string of the molecule is CCN(CC)CCCCNCCCCN. The summed E-state index contributed by atoms with van der Waals surface area (Å²) in [5.41, 5.74) is 5.42. The van der Waals surface area contributed by atoms with Crippen LogP contribution in [0.15, 0.2) is 0 Å². The van der Waals surface area contributed by atoms with E-state index in [4.69, 9.17) is 5.73 Å². The van der Waals surface area contributed by atoms with Crippen LogP contribution >= 0.6 is 0 Å². The molecule has 0 unspecified atom stereocenters. The smallest absolute Gasteiger partial charge is 0.00185 e. The fourth-order valence-electron chi connectivity index (χ4n) is 1.64. The molecule has 0 aromatic rings. The maximum atomic E-state index is 5.42. The average molecular weight is 215 g/mol. The summed E-state index contributed by atoms with van der Waals surface area (Å²) in [5.74, 6) is 0. The first-order valence-corrected chi connectivity index (χ1v) is 6.48. The predicted octanol–water partition coefficient (Wildman–Crippen LogP) is 1.44. The summed E-state index contributed by atoms with van der Waals surface area (Å²) in [4.78, 5) is 2.48. The van der Waals surface area contributed by atoms with E-state index in [1.807, 2.05) is 0 Å². The lowest BCUT2D eigenvalue weighted by atomic mass is 10.2. The number of nitrogens with two attached hydrogens (primary N) is 1. The third-order valence-corrected chi connectivity index (χ3v) is 2.78. The molecule has 3 N–H and O–H groups in total. The summed E-state index contributed by atoms with van der Waals surface area (Å²) >= 11 is 0. The fourth-order valence-corrected chi connectivity index (χ4v) is 1.64. The van der Waals surface area contributed by atoms with E-state index in [-0.39, 0.29) is 0 Å². The van der Waals surface area contributed by atoms with Crippen LogP contribution < -0.4 is 11.1 Å². The third kappa shape index (κ3) is 10.2. The first-order chi connectivity index (χ1) is 7.35. The molecule has 3 heteroatoms. The lowest BCUT2D eigenvalue weighted by Crippen LogP contribution is -2.25. The maximum Gasteiger partial charge on any atom is -0.00185 e. The highest BCUT2D eigenvalue weighted by Crippen LogP contribution is 1.94. The summed E-state index contributed by atoms with van der Waals surface area (Å²) < 4.78 is 0. The minimum absolute atomic E-state index is 0.823. The summed E-state index contributed by atoms with van der Waals surface area (Å²) in [6, 6.07) is 0. The van der Waals surface area contributed by atoms with Gasteiger partial charge in [-0.2, -0.15) is 0 Å². The van der Waals surface area contributed by atoms with Crippen LogP contribution in [0.5, 0.6) is 0 Å². The van der Waals surface area contributed by atoms with Crippen molar-refractivity contribution in [3.8, 4) is 0 Å². The Balaban J connectivity index is 3.04. The highest BCUT2D eigenvalue weighted by molar-refractivity contribution is 4.55. The normalized spacial score (nSPS) is 11.2. The molecule has 0 aromatic carbocycles. The third-order valence-electron chi connectivity index (χ3n) is 2.78. The van der Waals surface area contributed by atoms with Crippen molar-refractivity contribution in [1.29, 1.82) is 0 Å². The van der Waals surface area contributed by atoms with Gasteiger partial charge in [0, 0.05) is 0 Å². The summed E-state index contributed by atoms with van der Waals surface area (Å²) in [6.45, 7) is 11.2. The molecule has 0 heterocycles. The highest BCUT2D eigenvalue weighted by atomic mass is 15.1. The van der Waals surface area contributed by atoms with E-state index in [9.17, 15) is 0 Å². The van der Waals surface area contributed by atoms with Gasteiger partial charge in [0.05, 0.1) is 0 Å². The predicted molar refractivity (Wildman–Crippen MR) is 68.2 cm³/mol. The van der Waals surface area contributed by atoms with Crippen LogP contribution in [-0.4, -0.2) is 44.2 Å². The minimum atomic E-state index is 0.823. The molecule has 3 nitrogen and oxygen atoms in total. The minimum Gasteiger partial charge on any atom is -0.330 e. The number of nitrogens with zero attached hydrogens (tertiary/aromatic N) is 1. The van der Waals surface area contributed by atoms with Gasteiger partial charge in [0.2, 0.25) is 0 Å². The largest absolute Gasteiger partial charge is 0.330 e. The summed E-state index contributed by atoms with van der Waals surface area (Å²) in [7, 11) is 0. The molecule has 0 aliphatic carbocycles. The van der Waals surface area contributed by atoms with Gasteiger partial charge in [0.15, 0.2) is 0 Å². The Morgan fingerprint density at radius 2 is 1.53 bits per heavy atom. The molecular weight excluding hydrogens is 186 g/mol. The molecule has 0 bridgehead atoms. The topological polar surface area (TPSA) is 41.3 Å². The standard InChI is InChI=1S/C12H29N3/c1-3-15(4-2)12-8-7-11-14-10-6-5-9-13/h14H,3-13H2,1-2H3. The molecule has 0 aliphatic rings. The van der Waals surface area contributed by atoms with Crippen LogP contribution in [0.1, 0.15) is 39.5 Å². The molecule has 0 saturated carbocycles. The second kappa shape index (κ2) is 12.0. The van der Waals surface area contributed by atoms with E-state index in [0.29, 0.717) is 0 Å². The fraction of sp³-hybridized carbons (Fsp3) is 1.00. The van der Waals surface area contributed by atoms with E-state index in [1.54, 1.807) is 0 Å². The van der Waals surface area contributed by atoms with Crippen molar-refractivity contribution >= 4 is 0 Å². The van der Waals surface area contributed by atoms with Crippen molar-refractivity contribution in [2.75, 3.05) is 39.3 Å². The number of nitrogens with one attached hydrogen (secondary N) is 1. The maximum absolute atomic E-state index is 5.42. The van der Waals surface area contributed by atoms with E-state index in [0.717, 1.165) is 26.1 Å². The van der Waals surface area contributed by atoms with Gasteiger partial charge in [-0.25, -0.2) is 0 Å². The van der Waals surface area contributed by atoms with Gasteiger partial charge in [-0.1, -0.05) is 13.8 Å². The van der Waals surface area contributed by atoms with Crippen LogP contribution in [0.25, 0.3) is 0 Å². The Bertz CT molecular complexity index is 113. The first kappa shape index (κ1) is 14.9. The molecule has 0 atom stereocenters. The molecule has 0 aliphatic heterocycles. The Morgan fingerprint density at radius 3 is 2.07 bits per heavy atom. The van der Waals surface area contributed by atoms with Crippen molar-refractivity contribution in [3.05, 3.63) is 0 Å². The molecule has 15 heavy (non-hydrogen) atoms. The second-order valence-corrected chi connectivity index (χ2v) is 3.98. The summed E-state index contributed by atoms with van der Waals surface area (Å²) in [6.07, 6.45) is 4.96. The zero-order valence-corrected chi connectivity index (χ0v) is 10.6. The van der Waals surface area contributed by atoms with E-state index < -0.39 is 0 Å². The molecule has 0 spiro atoms. The van der Waals surface area contributed by atoms with Crippen molar-refractivity contribution in [3.63, 3.8) is 0 Å². The number of unbranched alkanes of at least 4 members (excludes halogenated alkanes) is 2. The quantitative estimate of drug-likeness (QED) is 0.512. The number of hydrogen-bond acceptors (Lipinski definition) is 3. The first-order valence-electron chi connectivity index (χ1n) is 6.48. The van der Waals surface area contributed by atoms with Crippen molar-refractivity contribution in [1.82, 2.24) is 10.2 Å². The van der Waals surface area contributed by atoms with Crippen molar-refractivity contribution in [2.45, 2.75) is 39.5 Å². The van der Waals surface area contributed by atoms with Gasteiger partial charge in [-0.05, 0) is 65.0 Å². The van der Waals surface area contributed by atoms with E-state index in [1.165, 1.54) is 38.9 Å². The molecule has 0 saturated heterocycles. The lowest BCUT2D eigenvalue weighted by Gasteiger charge is -2.17. The zero-order chi connectivity index (χ0) is 11.4. The van der Waals surface area contributed by atoms with Gasteiger partial charge in [-0.3, -0.25) is 0 Å². The Kier molecular flexibility index (Phi) is 11.9. The Morgan fingerprint density at radius 1 is 0.933 bits per heavy atom. The monoisotopic (exact) mass is 215 g/mol. The van der Waals surface area contributed by atoms with Crippen LogP contribution in [0.2, 0.25) is 0 Å². The van der Waals surface area contributed by atoms with Crippen LogP contribution in [0.3, 0.4) is 0 Å². The molecule has 0 aromatic heterocycles. The number of rotatable bonds is 11. The van der Waals surface area contributed by atoms with Crippen LogP contribution in [0, 0.1) is 0 Å². The van der Waals surface area contributed by atoms with Gasteiger partial charge in [-0.15, -0.1) is 0 Å². The number of hydrogen-bond donors (Lipinski definition) is 2. The van der Waals surface area contributed by atoms with Crippen LogP contribution in [0.4, 0.5) is 0 Å². The Labute approximate surface area is 95.4 Å². The van der Waals surface area contributed by atoms with E-state index >= 15 is 0 Å². The summed E-state index contributed by atoms with van der Waals surface area (Å²) in [5, 5.41) is 3.46. The van der Waals surface area contributed by atoms with Gasteiger partial charge >= 0.3 is 0 Å². The van der Waals surface area contributed by atoms with E-state index in [2.05, 4.69) is 24.1 Å². The molecule has 0 rings (SSSR count). The van der Waals surface area contributed by atoms with Crippen molar-refractivity contribution < 1.29 is 0 Å². The van der Waals surface area contributed by atoms with Gasteiger partial charge < -0.3 is 16.0 Å². The molecule has 0 fully saturated rings. The average Bonchev–Trinajstić information content (AvgIpc) is 2.27. The molecule has 0 radical (unpaired) electrons. The van der Waals surface area contributed by atoms with Crippen LogP contribution in [-0.2, 0) is 0 Å². The van der Waals surface area contributed by atoms with Gasteiger partial charge in [0.25, 0.3) is 0 Å². The highest BCUT2D eigenvalue weighted by Gasteiger charge is 1.97. The zero-order valence-electron chi connectivity index (χ0n) is 10.6. The van der Waals surface area contributed by atoms with Gasteiger partial charge in [0.1, 0.15) is 0 Å². The second-order valence-electron chi connectivity index (χ2n) is 3.98. The molecule has 0 amide bonds.